The second-order valence-corrected chi connectivity index (χ2v) is 10.5. The predicted octanol–water partition coefficient (Wildman–Crippen LogP) is 1.76. The number of piperidine rings is 1. The molecule has 1 saturated heterocycles. The number of alkyl halides is 4. The normalized spacial score (nSPS) is 18.8. The maximum absolute atomic E-state index is 14.6. The van der Waals surface area contributed by atoms with Crippen LogP contribution >= 0.6 is 0 Å². The van der Waals surface area contributed by atoms with Crippen LogP contribution in [0.25, 0.3) is 5.52 Å². The molecule has 0 bridgehead atoms. The summed E-state index contributed by atoms with van der Waals surface area (Å²) < 4.78 is 57.8. The van der Waals surface area contributed by atoms with Crippen molar-refractivity contribution in [3.05, 3.63) is 47.9 Å². The van der Waals surface area contributed by atoms with E-state index in [4.69, 9.17) is 0 Å². The molecule has 0 radical (unpaired) electrons. The van der Waals surface area contributed by atoms with Crippen molar-refractivity contribution in [1.29, 1.82) is 0 Å². The van der Waals surface area contributed by atoms with Crippen LogP contribution in [-0.4, -0.2) is 83.9 Å². The molecular formula is C23H24F4N6OSe. The zero-order valence-electron chi connectivity index (χ0n) is 19.1. The number of pyridine rings is 1. The monoisotopic (exact) mass is 556 g/mol. The molecule has 1 amide bonds. The van der Waals surface area contributed by atoms with Gasteiger partial charge in [-0.2, -0.15) is 0 Å². The van der Waals surface area contributed by atoms with Gasteiger partial charge in [0.15, 0.2) is 0 Å². The third-order valence-electron chi connectivity index (χ3n) is 5.59. The van der Waals surface area contributed by atoms with E-state index >= 15 is 0 Å². The molecule has 2 unspecified atom stereocenters. The standard InChI is InChI=1S/C23H24F4N6OSe/c1-31-10-7-18(17(24)14-31)30-19-6-4-9-33-20(19)11-15(22(33)35-23(25,26)27)5-3-8-28-21(34)16-12-29-32(2)13-16/h4,6,9,11-13,17-18,30H,7-8,10,14H2,1-2H3,(H,28,34). The Morgan fingerprint density at radius 2 is 2.14 bits per heavy atom. The Morgan fingerprint density at radius 1 is 1.34 bits per heavy atom. The summed E-state index contributed by atoms with van der Waals surface area (Å²) in [4.78, 5) is 14.0. The summed E-state index contributed by atoms with van der Waals surface area (Å²) in [6.45, 7) is 0.987. The second-order valence-electron chi connectivity index (χ2n) is 8.29. The van der Waals surface area contributed by atoms with Crippen molar-refractivity contribution in [1.82, 2.24) is 24.4 Å². The Balaban J connectivity index is 1.59. The maximum atomic E-state index is 14.6. The van der Waals surface area contributed by atoms with Crippen LogP contribution in [0.4, 0.5) is 23.2 Å². The number of carbonyl (C=O) groups excluding carboxylic acids is 1. The topological polar surface area (TPSA) is 66.6 Å². The van der Waals surface area contributed by atoms with Gasteiger partial charge in [-0.3, -0.25) is 0 Å². The number of hydrogen-bond acceptors (Lipinski definition) is 4. The van der Waals surface area contributed by atoms with Gasteiger partial charge in [-0.25, -0.2) is 0 Å². The van der Waals surface area contributed by atoms with E-state index in [9.17, 15) is 22.4 Å². The van der Waals surface area contributed by atoms with Crippen LogP contribution in [0.15, 0.2) is 36.8 Å². The van der Waals surface area contributed by atoms with E-state index in [1.165, 1.54) is 15.3 Å². The van der Waals surface area contributed by atoms with Gasteiger partial charge in [0.05, 0.1) is 0 Å². The number of fused-ring (bicyclic) bond motifs is 1. The van der Waals surface area contributed by atoms with Crippen molar-refractivity contribution in [3.63, 3.8) is 0 Å². The van der Waals surface area contributed by atoms with E-state index in [0.29, 0.717) is 29.7 Å². The third kappa shape index (κ3) is 6.17. The number of nitrogens with zero attached hydrogens (tertiary/aromatic N) is 4. The number of carbonyl (C=O) groups is 1. The molecule has 186 valence electrons. The number of anilines is 1. The van der Waals surface area contributed by atoms with Crippen LogP contribution in [0.2, 0.25) is 0 Å². The molecule has 3 aromatic heterocycles. The van der Waals surface area contributed by atoms with E-state index in [0.717, 1.165) is 6.54 Å². The van der Waals surface area contributed by atoms with E-state index in [1.807, 2.05) is 11.9 Å². The predicted molar refractivity (Wildman–Crippen MR) is 126 cm³/mol. The molecule has 4 heterocycles. The number of aryl methyl sites for hydroxylation is 1. The van der Waals surface area contributed by atoms with Crippen LogP contribution in [0.5, 0.6) is 0 Å². The van der Waals surface area contributed by atoms with Crippen molar-refractivity contribution in [3.8, 4) is 11.8 Å². The molecule has 12 heteroatoms. The average Bonchev–Trinajstić information content (AvgIpc) is 3.36. The summed E-state index contributed by atoms with van der Waals surface area (Å²) in [6.07, 6.45) is 4.01. The summed E-state index contributed by atoms with van der Waals surface area (Å²) >= 11 is -1.85. The minimum atomic E-state index is -4.38. The molecule has 0 aromatic carbocycles. The zero-order chi connectivity index (χ0) is 25.2. The fourth-order valence-corrected chi connectivity index (χ4v) is 5.38. The number of aromatic nitrogens is 3. The van der Waals surface area contributed by atoms with E-state index in [2.05, 4.69) is 27.6 Å². The molecule has 3 aromatic rings. The fourth-order valence-electron chi connectivity index (χ4n) is 3.92. The van der Waals surface area contributed by atoms with Gasteiger partial charge in [-0.15, -0.1) is 0 Å². The summed E-state index contributed by atoms with van der Waals surface area (Å²) in [5, 5.41) is 5.34. The number of halogens is 4. The number of hydrogen-bond donors (Lipinski definition) is 2. The van der Waals surface area contributed by atoms with E-state index < -0.39 is 32.2 Å². The van der Waals surface area contributed by atoms with Crippen molar-refractivity contribution >= 4 is 36.7 Å². The van der Waals surface area contributed by atoms with Crippen molar-refractivity contribution in [2.24, 2.45) is 7.05 Å². The Hall–Kier alpha value is -3.00. The van der Waals surface area contributed by atoms with Gasteiger partial charge >= 0.3 is 206 Å². The van der Waals surface area contributed by atoms with Gasteiger partial charge in [0.1, 0.15) is 0 Å². The van der Waals surface area contributed by atoms with Crippen LogP contribution in [0.3, 0.4) is 0 Å². The molecule has 1 fully saturated rings. The van der Waals surface area contributed by atoms with Gasteiger partial charge < -0.3 is 0 Å². The van der Waals surface area contributed by atoms with Gasteiger partial charge in [-0.1, -0.05) is 0 Å². The van der Waals surface area contributed by atoms with Crippen LogP contribution < -0.4 is 15.2 Å². The van der Waals surface area contributed by atoms with Crippen molar-refractivity contribution in [2.75, 3.05) is 32.0 Å². The third-order valence-corrected chi connectivity index (χ3v) is 7.35. The Kier molecular flexibility index (Phi) is 7.40. The number of nitrogens with one attached hydrogen (secondary N) is 2. The van der Waals surface area contributed by atoms with E-state index in [1.54, 1.807) is 37.6 Å². The number of likely N-dealkylation sites (tertiary alicyclic amines) is 1. The molecule has 7 nitrogen and oxygen atoms in total. The first-order valence-electron chi connectivity index (χ1n) is 10.9. The summed E-state index contributed by atoms with van der Waals surface area (Å²) in [5.41, 5.74) is 1.65. The van der Waals surface area contributed by atoms with Crippen LogP contribution in [0, 0.1) is 11.8 Å². The van der Waals surface area contributed by atoms with E-state index in [-0.39, 0.29) is 22.6 Å². The Morgan fingerprint density at radius 3 is 2.83 bits per heavy atom. The summed E-state index contributed by atoms with van der Waals surface area (Å²) in [7, 11) is 3.54. The van der Waals surface area contributed by atoms with Gasteiger partial charge in [0, 0.05) is 0 Å². The molecule has 0 aliphatic carbocycles. The van der Waals surface area contributed by atoms with Crippen LogP contribution in [0.1, 0.15) is 22.3 Å². The first-order valence-corrected chi connectivity index (χ1v) is 12.6. The Bertz CT molecular complexity index is 1270. The fraction of sp³-hybridized carbons (Fsp3) is 0.391. The van der Waals surface area contributed by atoms with Gasteiger partial charge in [0.25, 0.3) is 0 Å². The molecule has 1 aliphatic heterocycles. The molecule has 2 atom stereocenters. The average molecular weight is 555 g/mol. The number of amides is 1. The molecular weight excluding hydrogens is 531 g/mol. The molecule has 1 aliphatic rings. The quantitative estimate of drug-likeness (QED) is 0.286. The SMILES string of the molecule is CN1CCC(Nc2cccn3c([Se]C(F)(F)F)c(C#CCNC(=O)c4cnn(C)c4)cc23)C(F)C1. The molecule has 0 saturated carbocycles. The molecule has 0 spiro atoms. The van der Waals surface area contributed by atoms with Crippen molar-refractivity contribution in [2.45, 2.75) is 23.7 Å². The molecule has 4 rings (SSSR count). The first-order chi connectivity index (χ1) is 16.6. The number of rotatable bonds is 5. The Labute approximate surface area is 206 Å². The second kappa shape index (κ2) is 10.3. The first kappa shape index (κ1) is 25.1. The summed E-state index contributed by atoms with van der Waals surface area (Å²) in [6, 6.07) is 4.53. The summed E-state index contributed by atoms with van der Waals surface area (Å²) in [5.74, 6) is 5.15. The van der Waals surface area contributed by atoms with Gasteiger partial charge in [0.2, 0.25) is 0 Å². The van der Waals surface area contributed by atoms with Crippen LogP contribution in [-0.2, 0) is 7.05 Å². The van der Waals surface area contributed by atoms with Gasteiger partial charge in [-0.05, 0) is 0 Å². The zero-order valence-corrected chi connectivity index (χ0v) is 20.8. The van der Waals surface area contributed by atoms with Crippen molar-refractivity contribution < 1.29 is 22.4 Å². The minimum absolute atomic E-state index is 0.0391. The molecule has 35 heavy (non-hydrogen) atoms. The molecule has 2 N–H and O–H groups in total.